The molecular formula is C19H18N4O5S. The summed E-state index contributed by atoms with van der Waals surface area (Å²) in [4.78, 5) is 37.0. The first-order chi connectivity index (χ1) is 13.9. The molecule has 0 unspecified atom stereocenters. The second kappa shape index (κ2) is 8.70. The molecule has 1 aliphatic heterocycles. The second-order valence-electron chi connectivity index (χ2n) is 6.34. The lowest BCUT2D eigenvalue weighted by molar-refractivity contribution is -0.384. The number of anilines is 1. The molecule has 1 aromatic carbocycles. The lowest BCUT2D eigenvalue weighted by atomic mass is 10.0. The summed E-state index contributed by atoms with van der Waals surface area (Å²) in [5.74, 6) is -0.323. The van der Waals surface area contributed by atoms with Gasteiger partial charge in [0, 0.05) is 23.6 Å². The van der Waals surface area contributed by atoms with E-state index >= 15 is 0 Å². The number of nitrogens with zero attached hydrogens (tertiary/aromatic N) is 3. The highest BCUT2D eigenvalue weighted by Gasteiger charge is 2.28. The first-order valence-electron chi connectivity index (χ1n) is 8.92. The fraction of sp³-hybridized carbons (Fsp3) is 0.316. The predicted molar refractivity (Wildman–Crippen MR) is 106 cm³/mol. The van der Waals surface area contributed by atoms with E-state index in [0.29, 0.717) is 42.2 Å². The number of fused-ring (bicyclic) bond motifs is 1. The Morgan fingerprint density at radius 2 is 2.10 bits per heavy atom. The van der Waals surface area contributed by atoms with E-state index in [1.54, 1.807) is 11.8 Å². The second-order valence-corrected chi connectivity index (χ2v) is 7.44. The number of hydrogen-bond donors (Lipinski definition) is 1. The molecule has 0 aliphatic carbocycles. The van der Waals surface area contributed by atoms with Crippen LogP contribution in [0.15, 0.2) is 24.3 Å². The minimum Gasteiger partial charge on any atom is -0.450 e. The van der Waals surface area contributed by atoms with Crippen molar-refractivity contribution in [2.45, 2.75) is 26.3 Å². The number of amides is 2. The van der Waals surface area contributed by atoms with E-state index in [1.807, 2.05) is 0 Å². The highest BCUT2D eigenvalue weighted by molar-refractivity contribution is 7.16. The maximum atomic E-state index is 12.4. The zero-order valence-corrected chi connectivity index (χ0v) is 16.5. The van der Waals surface area contributed by atoms with Crippen LogP contribution in [-0.2, 0) is 28.9 Å². The summed E-state index contributed by atoms with van der Waals surface area (Å²) in [5, 5.41) is 23.5. The lowest BCUT2D eigenvalue weighted by Gasteiger charge is -2.25. The van der Waals surface area contributed by atoms with Crippen molar-refractivity contribution in [2.75, 3.05) is 18.5 Å². The number of benzene rings is 1. The fourth-order valence-electron chi connectivity index (χ4n) is 3.07. The summed E-state index contributed by atoms with van der Waals surface area (Å²) in [6.45, 7) is 2.82. The predicted octanol–water partition coefficient (Wildman–Crippen LogP) is 3.22. The van der Waals surface area contributed by atoms with Crippen LogP contribution in [-0.4, -0.2) is 35.0 Å². The van der Waals surface area contributed by atoms with Gasteiger partial charge in [-0.25, -0.2) is 4.79 Å². The molecule has 1 aliphatic rings. The van der Waals surface area contributed by atoms with Gasteiger partial charge in [0.1, 0.15) is 11.1 Å². The highest BCUT2D eigenvalue weighted by Crippen LogP contribution is 2.36. The molecule has 9 nitrogen and oxygen atoms in total. The summed E-state index contributed by atoms with van der Waals surface area (Å²) >= 11 is 1.28. The van der Waals surface area contributed by atoms with Gasteiger partial charge < -0.3 is 15.0 Å². The average molecular weight is 414 g/mol. The van der Waals surface area contributed by atoms with Crippen LogP contribution in [0.2, 0.25) is 0 Å². The van der Waals surface area contributed by atoms with Crippen LogP contribution in [0.3, 0.4) is 0 Å². The molecule has 3 rings (SSSR count). The third kappa shape index (κ3) is 4.52. The summed E-state index contributed by atoms with van der Waals surface area (Å²) in [7, 11) is 0. The average Bonchev–Trinajstić information content (AvgIpc) is 3.04. The molecule has 0 saturated carbocycles. The number of hydrogen-bond acceptors (Lipinski definition) is 7. The molecule has 0 atom stereocenters. The van der Waals surface area contributed by atoms with Crippen molar-refractivity contribution in [3.8, 4) is 6.07 Å². The number of nitrogens with one attached hydrogen (secondary N) is 1. The van der Waals surface area contributed by atoms with E-state index in [4.69, 9.17) is 4.74 Å². The molecule has 2 amide bonds. The van der Waals surface area contributed by atoms with Crippen molar-refractivity contribution in [3.63, 3.8) is 0 Å². The summed E-state index contributed by atoms with van der Waals surface area (Å²) in [6, 6.07) is 7.89. The van der Waals surface area contributed by atoms with E-state index < -0.39 is 11.0 Å². The van der Waals surface area contributed by atoms with Gasteiger partial charge in [-0.15, -0.1) is 11.3 Å². The van der Waals surface area contributed by atoms with E-state index in [-0.39, 0.29) is 18.0 Å². The summed E-state index contributed by atoms with van der Waals surface area (Å²) < 4.78 is 5.03. The SMILES string of the molecule is CCOC(=O)N1CCc2c(sc(NC(=O)Cc3ccc([N+](=O)[O-])cc3)c2C#N)C1. The Balaban J connectivity index is 1.71. The standard InChI is InChI=1S/C19H18N4O5S/c1-2-28-19(25)22-8-7-14-15(10-20)18(29-16(14)11-22)21-17(24)9-12-3-5-13(6-4-12)23(26)27/h3-6H,2,7-9,11H2,1H3,(H,21,24). The Hall–Kier alpha value is -3.45. The van der Waals surface area contributed by atoms with Crippen LogP contribution in [0.5, 0.6) is 0 Å². The molecule has 10 heteroatoms. The molecule has 2 aromatic rings. The Morgan fingerprint density at radius 1 is 1.38 bits per heavy atom. The molecule has 0 radical (unpaired) electrons. The maximum Gasteiger partial charge on any atom is 0.410 e. The van der Waals surface area contributed by atoms with E-state index in [1.165, 1.54) is 35.6 Å². The van der Waals surface area contributed by atoms with Gasteiger partial charge in [-0.2, -0.15) is 5.26 Å². The van der Waals surface area contributed by atoms with Crippen molar-refractivity contribution in [1.29, 1.82) is 5.26 Å². The Bertz CT molecular complexity index is 993. The molecule has 150 valence electrons. The topological polar surface area (TPSA) is 126 Å². The fourth-order valence-corrected chi connectivity index (χ4v) is 4.30. The zero-order chi connectivity index (χ0) is 21.0. The smallest absolute Gasteiger partial charge is 0.410 e. The molecule has 2 heterocycles. The van der Waals surface area contributed by atoms with Gasteiger partial charge >= 0.3 is 6.09 Å². The van der Waals surface area contributed by atoms with Crippen LogP contribution in [0, 0.1) is 21.4 Å². The van der Waals surface area contributed by atoms with Crippen LogP contribution < -0.4 is 5.32 Å². The number of ether oxygens (including phenoxy) is 1. The number of rotatable bonds is 5. The zero-order valence-electron chi connectivity index (χ0n) is 15.6. The number of carbonyl (C=O) groups excluding carboxylic acids is 2. The first-order valence-corrected chi connectivity index (χ1v) is 9.74. The molecule has 29 heavy (non-hydrogen) atoms. The third-order valence-electron chi connectivity index (χ3n) is 4.46. The normalized spacial score (nSPS) is 12.6. The molecule has 0 saturated heterocycles. The van der Waals surface area contributed by atoms with Crippen LogP contribution in [0.25, 0.3) is 0 Å². The lowest BCUT2D eigenvalue weighted by Crippen LogP contribution is -2.35. The van der Waals surface area contributed by atoms with E-state index in [9.17, 15) is 25.0 Å². The van der Waals surface area contributed by atoms with Gasteiger partial charge in [-0.3, -0.25) is 14.9 Å². The van der Waals surface area contributed by atoms with Crippen molar-refractivity contribution in [1.82, 2.24) is 4.90 Å². The van der Waals surface area contributed by atoms with Crippen molar-refractivity contribution in [3.05, 3.63) is 55.9 Å². The van der Waals surface area contributed by atoms with Gasteiger partial charge in [-0.05, 0) is 24.5 Å². The Morgan fingerprint density at radius 3 is 2.72 bits per heavy atom. The number of nitro benzene ring substituents is 1. The Kier molecular flexibility index (Phi) is 6.09. The van der Waals surface area contributed by atoms with Gasteiger partial charge in [0.2, 0.25) is 5.91 Å². The van der Waals surface area contributed by atoms with Crippen molar-refractivity contribution in [2.24, 2.45) is 0 Å². The van der Waals surface area contributed by atoms with Crippen LogP contribution in [0.4, 0.5) is 15.5 Å². The van der Waals surface area contributed by atoms with Crippen LogP contribution in [0.1, 0.15) is 28.5 Å². The van der Waals surface area contributed by atoms with E-state index in [0.717, 1.165) is 10.4 Å². The monoisotopic (exact) mass is 414 g/mol. The molecule has 1 N–H and O–H groups in total. The quantitative estimate of drug-likeness (QED) is 0.591. The summed E-state index contributed by atoms with van der Waals surface area (Å²) in [6.07, 6.45) is 0.153. The number of non-ortho nitro benzene ring substituents is 1. The van der Waals surface area contributed by atoms with Gasteiger partial charge in [0.05, 0.1) is 30.1 Å². The van der Waals surface area contributed by atoms with Gasteiger partial charge in [-0.1, -0.05) is 12.1 Å². The summed E-state index contributed by atoms with van der Waals surface area (Å²) in [5.41, 5.74) is 1.86. The van der Waals surface area contributed by atoms with Crippen molar-refractivity contribution >= 4 is 34.0 Å². The number of nitro groups is 1. The van der Waals surface area contributed by atoms with Gasteiger partial charge in [0.15, 0.2) is 0 Å². The molecule has 0 fully saturated rings. The largest absolute Gasteiger partial charge is 0.450 e. The van der Waals surface area contributed by atoms with Crippen molar-refractivity contribution < 1.29 is 19.2 Å². The molecular weight excluding hydrogens is 396 g/mol. The first kappa shape index (κ1) is 20.3. The van der Waals surface area contributed by atoms with Gasteiger partial charge in [0.25, 0.3) is 5.69 Å². The number of nitriles is 1. The Labute approximate surface area is 170 Å². The number of thiophene rings is 1. The highest BCUT2D eigenvalue weighted by atomic mass is 32.1. The molecule has 0 bridgehead atoms. The van der Waals surface area contributed by atoms with Crippen LogP contribution >= 0.6 is 11.3 Å². The third-order valence-corrected chi connectivity index (χ3v) is 5.59. The minimum absolute atomic E-state index is 0.0282. The molecule has 0 spiro atoms. The number of carbonyl (C=O) groups is 2. The van der Waals surface area contributed by atoms with E-state index in [2.05, 4.69) is 11.4 Å². The minimum atomic E-state index is -0.501. The molecule has 1 aromatic heterocycles. The maximum absolute atomic E-state index is 12.4.